The predicted molar refractivity (Wildman–Crippen MR) is 109 cm³/mol. The summed E-state index contributed by atoms with van der Waals surface area (Å²) in [6, 6.07) is 5.18. The number of aromatic nitrogens is 2. The zero-order valence-electron chi connectivity index (χ0n) is 16.9. The van der Waals surface area contributed by atoms with Crippen LogP contribution >= 0.6 is 11.6 Å². The number of aliphatic hydroxyl groups excluding tert-OH is 1. The summed E-state index contributed by atoms with van der Waals surface area (Å²) in [6.07, 6.45) is 0.853. The third-order valence-electron chi connectivity index (χ3n) is 4.95. The Morgan fingerprint density at radius 1 is 1.36 bits per heavy atom. The number of likely N-dealkylation sites (tertiary alicyclic amines) is 1. The zero-order valence-corrected chi connectivity index (χ0v) is 18.5. The van der Waals surface area contributed by atoms with Gasteiger partial charge in [0.1, 0.15) is 0 Å². The SMILES string of the molecule is C[C@H]1CN(C(O)OC(C)(C)C)CC[C@@H]1n1c(S(C)(=O)=O)nc2cc(Cl)ccc21. The molecule has 1 aromatic carbocycles. The number of nitrogens with zero attached hydrogens (tertiary/aromatic N) is 3. The van der Waals surface area contributed by atoms with Crippen LogP contribution in [0.5, 0.6) is 0 Å². The maximum atomic E-state index is 12.4. The molecule has 1 fully saturated rings. The molecule has 1 aromatic heterocycles. The molecule has 0 radical (unpaired) electrons. The van der Waals surface area contributed by atoms with Gasteiger partial charge < -0.3 is 14.4 Å². The number of halogens is 1. The Balaban J connectivity index is 1.94. The molecular formula is C19H28ClN3O4S. The van der Waals surface area contributed by atoms with Crippen molar-refractivity contribution < 1.29 is 18.3 Å². The van der Waals surface area contributed by atoms with Gasteiger partial charge in [0.05, 0.1) is 16.6 Å². The van der Waals surface area contributed by atoms with Crippen LogP contribution in [0, 0.1) is 5.92 Å². The van der Waals surface area contributed by atoms with Crippen LogP contribution in [0.15, 0.2) is 23.4 Å². The van der Waals surface area contributed by atoms with E-state index in [1.165, 1.54) is 6.26 Å². The first-order valence-electron chi connectivity index (χ1n) is 9.34. The van der Waals surface area contributed by atoms with Crippen LogP contribution in [0.4, 0.5) is 0 Å². The number of fused-ring (bicyclic) bond motifs is 1. The Morgan fingerprint density at radius 3 is 2.61 bits per heavy atom. The number of sulfone groups is 1. The second-order valence-electron chi connectivity index (χ2n) is 8.55. The molecular weight excluding hydrogens is 402 g/mol. The van der Waals surface area contributed by atoms with Gasteiger partial charge in [-0.2, -0.15) is 0 Å². The second-order valence-corrected chi connectivity index (χ2v) is 10.9. The van der Waals surface area contributed by atoms with Gasteiger partial charge in [-0.15, -0.1) is 0 Å². The van der Waals surface area contributed by atoms with Crippen molar-refractivity contribution in [2.75, 3.05) is 19.3 Å². The standard InChI is InChI=1S/C19H28ClN3O4S/c1-12-11-22(18(24)27-19(2,3)4)9-8-15(12)23-16-7-6-13(20)10-14(16)21-17(23)28(5,25)26/h6-7,10,12,15,18,24H,8-9,11H2,1-5H3/t12-,15-,18?/m0/s1. The number of rotatable bonds is 4. The van der Waals surface area contributed by atoms with E-state index in [0.29, 0.717) is 30.0 Å². The minimum atomic E-state index is -3.51. The molecule has 3 rings (SSSR count). The summed E-state index contributed by atoms with van der Waals surface area (Å²) in [6.45, 7) is 8.91. The van der Waals surface area contributed by atoms with E-state index in [2.05, 4.69) is 11.9 Å². The van der Waals surface area contributed by atoms with Gasteiger partial charge in [-0.3, -0.25) is 4.90 Å². The Morgan fingerprint density at radius 2 is 2.04 bits per heavy atom. The van der Waals surface area contributed by atoms with E-state index in [4.69, 9.17) is 16.3 Å². The highest BCUT2D eigenvalue weighted by Gasteiger charge is 2.35. The van der Waals surface area contributed by atoms with E-state index >= 15 is 0 Å². The van der Waals surface area contributed by atoms with Gasteiger partial charge >= 0.3 is 0 Å². The normalized spacial score (nSPS) is 23.2. The van der Waals surface area contributed by atoms with E-state index in [9.17, 15) is 13.5 Å². The lowest BCUT2D eigenvalue weighted by atomic mass is 9.93. The van der Waals surface area contributed by atoms with Crippen molar-refractivity contribution in [2.45, 2.75) is 57.3 Å². The zero-order chi connectivity index (χ0) is 20.9. The maximum absolute atomic E-state index is 12.4. The summed E-state index contributed by atoms with van der Waals surface area (Å²) in [5.41, 5.74) is 0.864. The quantitative estimate of drug-likeness (QED) is 0.752. The van der Waals surface area contributed by atoms with Crippen LogP contribution in [0.3, 0.4) is 0 Å². The van der Waals surface area contributed by atoms with Crippen LogP contribution in [-0.2, 0) is 14.6 Å². The van der Waals surface area contributed by atoms with Gasteiger partial charge in [-0.25, -0.2) is 13.4 Å². The predicted octanol–water partition coefficient (Wildman–Crippen LogP) is 3.07. The number of benzene rings is 1. The molecule has 0 spiro atoms. The lowest BCUT2D eigenvalue weighted by Crippen LogP contribution is -2.49. The van der Waals surface area contributed by atoms with E-state index in [1.807, 2.05) is 36.3 Å². The van der Waals surface area contributed by atoms with Gasteiger partial charge in [0, 0.05) is 30.4 Å². The van der Waals surface area contributed by atoms with Crippen molar-refractivity contribution in [2.24, 2.45) is 5.92 Å². The molecule has 1 aliphatic rings. The Bertz CT molecular complexity index is 967. The largest absolute Gasteiger partial charge is 0.356 e. The molecule has 9 heteroatoms. The highest BCUT2D eigenvalue weighted by atomic mass is 35.5. The first-order valence-corrected chi connectivity index (χ1v) is 11.6. The van der Waals surface area contributed by atoms with Crippen LogP contribution in [0.1, 0.15) is 40.2 Å². The van der Waals surface area contributed by atoms with Crippen molar-refractivity contribution in [3.05, 3.63) is 23.2 Å². The molecule has 1 unspecified atom stereocenters. The summed E-state index contributed by atoms with van der Waals surface area (Å²) in [5, 5.41) is 11.0. The fraction of sp³-hybridized carbons (Fsp3) is 0.632. The van der Waals surface area contributed by atoms with Gasteiger partial charge in [-0.1, -0.05) is 18.5 Å². The first-order chi connectivity index (χ1) is 12.9. The molecule has 0 amide bonds. The first kappa shape index (κ1) is 21.5. The minimum absolute atomic E-state index is 0.0570. The molecule has 0 saturated carbocycles. The third kappa shape index (κ3) is 4.52. The minimum Gasteiger partial charge on any atom is -0.356 e. The van der Waals surface area contributed by atoms with Crippen LogP contribution in [0.2, 0.25) is 5.02 Å². The van der Waals surface area contributed by atoms with Gasteiger partial charge in [0.2, 0.25) is 21.4 Å². The van der Waals surface area contributed by atoms with Crippen LogP contribution < -0.4 is 0 Å². The van der Waals surface area contributed by atoms with Gasteiger partial charge in [0.15, 0.2) is 0 Å². The Kier molecular flexibility index (Phi) is 5.82. The topological polar surface area (TPSA) is 84.7 Å². The maximum Gasteiger partial charge on any atom is 0.228 e. The van der Waals surface area contributed by atoms with Crippen molar-refractivity contribution in [3.63, 3.8) is 0 Å². The molecule has 1 saturated heterocycles. The summed E-state index contributed by atoms with van der Waals surface area (Å²) in [5.74, 6) is 0.0838. The number of aliphatic hydroxyl groups is 1. The Labute approximate surface area is 171 Å². The highest BCUT2D eigenvalue weighted by Crippen LogP contribution is 2.35. The summed E-state index contributed by atoms with van der Waals surface area (Å²) in [7, 11) is -3.51. The van der Waals surface area contributed by atoms with Crippen molar-refractivity contribution in [1.29, 1.82) is 0 Å². The van der Waals surface area contributed by atoms with Crippen LogP contribution in [0.25, 0.3) is 11.0 Å². The van der Waals surface area contributed by atoms with E-state index in [1.54, 1.807) is 12.1 Å². The van der Waals surface area contributed by atoms with E-state index < -0.39 is 21.9 Å². The smallest absolute Gasteiger partial charge is 0.228 e. The van der Waals surface area contributed by atoms with Crippen molar-refractivity contribution in [3.8, 4) is 0 Å². The van der Waals surface area contributed by atoms with Gasteiger partial charge in [0.25, 0.3) is 0 Å². The second kappa shape index (κ2) is 7.57. The average molecular weight is 430 g/mol. The number of piperidine rings is 1. The molecule has 3 atom stereocenters. The molecule has 0 aliphatic carbocycles. The molecule has 1 aliphatic heterocycles. The highest BCUT2D eigenvalue weighted by molar-refractivity contribution is 7.90. The summed E-state index contributed by atoms with van der Waals surface area (Å²) >= 11 is 6.07. The molecule has 7 nitrogen and oxygen atoms in total. The molecule has 0 bridgehead atoms. The van der Waals surface area contributed by atoms with Crippen LogP contribution in [-0.4, -0.2) is 59.3 Å². The molecule has 28 heavy (non-hydrogen) atoms. The average Bonchev–Trinajstić information content (AvgIpc) is 2.91. The number of ether oxygens (including phenoxy) is 1. The van der Waals surface area contributed by atoms with Crippen molar-refractivity contribution >= 4 is 32.5 Å². The number of imidazole rings is 1. The molecule has 2 heterocycles. The Hall–Kier alpha value is -1.19. The van der Waals surface area contributed by atoms with Crippen molar-refractivity contribution in [1.82, 2.24) is 14.5 Å². The third-order valence-corrected chi connectivity index (χ3v) is 6.13. The molecule has 1 N–H and O–H groups in total. The number of hydrogen-bond acceptors (Lipinski definition) is 6. The molecule has 2 aromatic rings. The van der Waals surface area contributed by atoms with E-state index in [-0.39, 0.29) is 17.1 Å². The van der Waals surface area contributed by atoms with Gasteiger partial charge in [-0.05, 0) is 51.3 Å². The van der Waals surface area contributed by atoms with E-state index in [0.717, 1.165) is 5.52 Å². The molecule has 156 valence electrons. The summed E-state index contributed by atoms with van der Waals surface area (Å²) in [4.78, 5) is 6.24. The monoisotopic (exact) mass is 429 g/mol. The lowest BCUT2D eigenvalue weighted by Gasteiger charge is -2.41. The fourth-order valence-electron chi connectivity index (χ4n) is 3.77. The fourth-order valence-corrected chi connectivity index (χ4v) is 4.79. The summed E-state index contributed by atoms with van der Waals surface area (Å²) < 4.78 is 32.3. The lowest BCUT2D eigenvalue weighted by molar-refractivity contribution is -0.246. The number of hydrogen-bond donors (Lipinski definition) is 1.